The minimum absolute atomic E-state index is 0.201. The standard InChI is InChI=1S/C21H26N4O3/c26-19(12-25-8-6-15-3-1-2-4-16(15)11-25)10-23-21(27)20-9-17(5-7-22-20)24-18-13-28-14-18/h1-5,7,9,18-19,26H,6,8,10-14H2,(H,22,24)(H,23,27)/t19-/m0/s1. The minimum atomic E-state index is -0.623. The van der Waals surface area contributed by atoms with Gasteiger partial charge in [0.25, 0.3) is 5.91 Å². The fraction of sp³-hybridized carbons (Fsp3) is 0.429. The predicted molar refractivity (Wildman–Crippen MR) is 106 cm³/mol. The van der Waals surface area contributed by atoms with Gasteiger partial charge in [0.05, 0.1) is 25.4 Å². The quantitative estimate of drug-likeness (QED) is 0.663. The Morgan fingerprint density at radius 1 is 1.29 bits per heavy atom. The highest BCUT2D eigenvalue weighted by molar-refractivity contribution is 5.93. The summed E-state index contributed by atoms with van der Waals surface area (Å²) in [5, 5.41) is 16.4. The van der Waals surface area contributed by atoms with Gasteiger partial charge < -0.3 is 20.5 Å². The summed E-state index contributed by atoms with van der Waals surface area (Å²) in [5.41, 5.74) is 3.88. The Hall–Kier alpha value is -2.48. The van der Waals surface area contributed by atoms with Crippen LogP contribution in [0, 0.1) is 0 Å². The van der Waals surface area contributed by atoms with E-state index < -0.39 is 6.10 Å². The van der Waals surface area contributed by atoms with E-state index >= 15 is 0 Å². The highest BCUT2D eigenvalue weighted by atomic mass is 16.5. The minimum Gasteiger partial charge on any atom is -0.390 e. The largest absolute Gasteiger partial charge is 0.390 e. The Kier molecular flexibility index (Phi) is 5.85. The number of benzene rings is 1. The predicted octanol–water partition coefficient (Wildman–Crippen LogP) is 1.04. The van der Waals surface area contributed by atoms with E-state index in [0.29, 0.717) is 25.5 Å². The Labute approximate surface area is 164 Å². The number of aromatic nitrogens is 1. The fourth-order valence-electron chi connectivity index (χ4n) is 3.57. The summed E-state index contributed by atoms with van der Waals surface area (Å²) in [6, 6.07) is 12.3. The molecule has 1 atom stereocenters. The summed E-state index contributed by atoms with van der Waals surface area (Å²) in [5.74, 6) is -0.281. The summed E-state index contributed by atoms with van der Waals surface area (Å²) in [6.07, 6.45) is 1.98. The van der Waals surface area contributed by atoms with Gasteiger partial charge in [-0.25, -0.2) is 0 Å². The lowest BCUT2D eigenvalue weighted by molar-refractivity contribution is 0.0211. The van der Waals surface area contributed by atoms with Crippen LogP contribution < -0.4 is 10.6 Å². The van der Waals surface area contributed by atoms with E-state index in [9.17, 15) is 9.90 Å². The molecule has 0 radical (unpaired) electrons. The number of rotatable bonds is 7. The molecule has 1 saturated heterocycles. The molecule has 7 nitrogen and oxygen atoms in total. The van der Waals surface area contributed by atoms with Crippen molar-refractivity contribution >= 4 is 11.6 Å². The van der Waals surface area contributed by atoms with Gasteiger partial charge in [-0.15, -0.1) is 0 Å². The lowest BCUT2D eigenvalue weighted by Crippen LogP contribution is -2.42. The number of β-amino-alcohol motifs (C(OH)–C–C–N with tert-alkyl or cyclic N) is 1. The van der Waals surface area contributed by atoms with E-state index in [-0.39, 0.29) is 18.5 Å². The van der Waals surface area contributed by atoms with Crippen molar-refractivity contribution in [2.45, 2.75) is 25.1 Å². The van der Waals surface area contributed by atoms with Crippen LogP contribution in [-0.4, -0.2) is 65.9 Å². The zero-order chi connectivity index (χ0) is 19.3. The summed E-state index contributed by atoms with van der Waals surface area (Å²) < 4.78 is 5.14. The number of hydrogen-bond donors (Lipinski definition) is 3. The summed E-state index contributed by atoms with van der Waals surface area (Å²) in [6.45, 7) is 3.84. The van der Waals surface area contributed by atoms with Crippen LogP contribution in [0.15, 0.2) is 42.6 Å². The van der Waals surface area contributed by atoms with Crippen LogP contribution in [0.1, 0.15) is 21.6 Å². The Balaban J connectivity index is 1.25. The van der Waals surface area contributed by atoms with Gasteiger partial charge in [-0.3, -0.25) is 14.7 Å². The number of nitrogens with zero attached hydrogens (tertiary/aromatic N) is 2. The van der Waals surface area contributed by atoms with Crippen LogP contribution in [-0.2, 0) is 17.7 Å². The molecule has 0 aliphatic carbocycles. The van der Waals surface area contributed by atoms with Gasteiger partial charge in [-0.1, -0.05) is 24.3 Å². The first-order chi connectivity index (χ1) is 13.7. The van der Waals surface area contributed by atoms with Crippen molar-refractivity contribution in [3.8, 4) is 0 Å². The number of amides is 1. The number of carbonyl (C=O) groups is 1. The normalized spacial score (nSPS) is 18.0. The summed E-state index contributed by atoms with van der Waals surface area (Å²) >= 11 is 0. The first-order valence-corrected chi connectivity index (χ1v) is 9.73. The van der Waals surface area contributed by atoms with E-state index in [2.05, 4.69) is 38.7 Å². The number of aliphatic hydroxyl groups is 1. The summed E-state index contributed by atoms with van der Waals surface area (Å²) in [7, 11) is 0. The van der Waals surface area contributed by atoms with Gasteiger partial charge in [-0.2, -0.15) is 0 Å². The number of aliphatic hydroxyl groups excluding tert-OH is 1. The van der Waals surface area contributed by atoms with E-state index in [1.54, 1.807) is 12.3 Å². The van der Waals surface area contributed by atoms with Crippen molar-refractivity contribution in [2.24, 2.45) is 0 Å². The molecule has 0 bridgehead atoms. The maximum atomic E-state index is 12.4. The van der Waals surface area contributed by atoms with E-state index in [1.165, 1.54) is 11.1 Å². The molecular weight excluding hydrogens is 356 g/mol. The second-order valence-corrected chi connectivity index (χ2v) is 7.43. The molecule has 1 fully saturated rings. The van der Waals surface area contributed by atoms with E-state index in [4.69, 9.17) is 4.74 Å². The first-order valence-electron chi connectivity index (χ1n) is 9.73. The molecule has 3 N–H and O–H groups in total. The number of pyridine rings is 1. The maximum Gasteiger partial charge on any atom is 0.270 e. The molecular formula is C21H26N4O3. The van der Waals surface area contributed by atoms with Crippen molar-refractivity contribution in [2.75, 3.05) is 38.2 Å². The van der Waals surface area contributed by atoms with Crippen molar-refractivity contribution in [3.63, 3.8) is 0 Å². The molecule has 0 spiro atoms. The molecule has 1 amide bonds. The Morgan fingerprint density at radius 3 is 2.89 bits per heavy atom. The van der Waals surface area contributed by atoms with Gasteiger partial charge in [-0.05, 0) is 29.7 Å². The van der Waals surface area contributed by atoms with Crippen molar-refractivity contribution in [3.05, 3.63) is 59.4 Å². The van der Waals surface area contributed by atoms with Crippen LogP contribution >= 0.6 is 0 Å². The number of anilines is 1. The molecule has 7 heteroatoms. The van der Waals surface area contributed by atoms with Crippen LogP contribution in [0.25, 0.3) is 0 Å². The average Bonchev–Trinajstić information content (AvgIpc) is 2.69. The maximum absolute atomic E-state index is 12.4. The van der Waals surface area contributed by atoms with Gasteiger partial charge in [0, 0.05) is 38.1 Å². The molecule has 2 aliphatic heterocycles. The molecule has 1 aromatic carbocycles. The smallest absolute Gasteiger partial charge is 0.270 e. The summed E-state index contributed by atoms with van der Waals surface area (Å²) in [4.78, 5) is 18.7. The monoisotopic (exact) mass is 382 g/mol. The molecule has 148 valence electrons. The molecule has 0 unspecified atom stereocenters. The molecule has 3 heterocycles. The fourth-order valence-corrected chi connectivity index (χ4v) is 3.57. The number of ether oxygens (including phenoxy) is 1. The van der Waals surface area contributed by atoms with E-state index in [1.807, 2.05) is 12.1 Å². The van der Waals surface area contributed by atoms with E-state index in [0.717, 1.165) is 25.2 Å². The number of fused-ring (bicyclic) bond motifs is 1. The molecule has 2 aliphatic rings. The molecule has 0 saturated carbocycles. The first kappa shape index (κ1) is 18.9. The van der Waals surface area contributed by atoms with Crippen LogP contribution in [0.2, 0.25) is 0 Å². The lowest BCUT2D eigenvalue weighted by Gasteiger charge is -2.30. The number of nitrogens with one attached hydrogen (secondary N) is 2. The van der Waals surface area contributed by atoms with Crippen LogP contribution in [0.5, 0.6) is 0 Å². The third-order valence-corrected chi connectivity index (χ3v) is 5.18. The van der Waals surface area contributed by atoms with Crippen molar-refractivity contribution < 1.29 is 14.6 Å². The second kappa shape index (κ2) is 8.68. The number of carbonyl (C=O) groups excluding carboxylic acids is 1. The zero-order valence-electron chi connectivity index (χ0n) is 15.8. The average molecular weight is 382 g/mol. The van der Waals surface area contributed by atoms with Gasteiger partial charge in [0.15, 0.2) is 0 Å². The molecule has 28 heavy (non-hydrogen) atoms. The Morgan fingerprint density at radius 2 is 2.11 bits per heavy atom. The zero-order valence-corrected chi connectivity index (χ0v) is 15.8. The van der Waals surface area contributed by atoms with Crippen LogP contribution in [0.3, 0.4) is 0 Å². The third kappa shape index (κ3) is 4.67. The highest BCUT2D eigenvalue weighted by Gasteiger charge is 2.20. The molecule has 1 aromatic heterocycles. The Bertz CT molecular complexity index is 825. The third-order valence-electron chi connectivity index (χ3n) is 5.18. The van der Waals surface area contributed by atoms with Crippen molar-refractivity contribution in [1.82, 2.24) is 15.2 Å². The molecule has 4 rings (SSSR count). The van der Waals surface area contributed by atoms with Crippen molar-refractivity contribution in [1.29, 1.82) is 0 Å². The van der Waals surface area contributed by atoms with Gasteiger partial charge >= 0.3 is 0 Å². The highest BCUT2D eigenvalue weighted by Crippen LogP contribution is 2.18. The second-order valence-electron chi connectivity index (χ2n) is 7.43. The SMILES string of the molecule is O=C(NC[C@H](O)CN1CCc2ccccc2C1)c1cc(NC2COC2)ccn1. The topological polar surface area (TPSA) is 86.7 Å². The number of hydrogen-bond acceptors (Lipinski definition) is 6. The molecule has 2 aromatic rings. The van der Waals surface area contributed by atoms with Gasteiger partial charge in [0.1, 0.15) is 5.69 Å². The van der Waals surface area contributed by atoms with Gasteiger partial charge in [0.2, 0.25) is 0 Å². The van der Waals surface area contributed by atoms with Crippen LogP contribution in [0.4, 0.5) is 5.69 Å². The lowest BCUT2D eigenvalue weighted by atomic mass is 10.00.